The summed E-state index contributed by atoms with van der Waals surface area (Å²) in [5.41, 5.74) is 11.7. The van der Waals surface area contributed by atoms with E-state index in [0.717, 1.165) is 19.9 Å². The minimum atomic E-state index is 0.0713. The normalized spacial score (nSPS) is 11.9. The number of benzene rings is 6. The fraction of sp³-hybridized carbons (Fsp3) is 0. The van der Waals surface area contributed by atoms with Crippen molar-refractivity contribution in [1.82, 2.24) is 19.1 Å². The van der Waals surface area contributed by atoms with E-state index in [1.54, 1.807) is 0 Å². The number of hydrogen-bond acceptors (Lipinski definition) is 2. The van der Waals surface area contributed by atoms with Crippen molar-refractivity contribution >= 4 is 77.7 Å². The van der Waals surface area contributed by atoms with Gasteiger partial charge in [0.25, 0.3) is 0 Å². The molecular formula is C46H28N4Se. The zero-order valence-electron chi connectivity index (χ0n) is 27.4. The topological polar surface area (TPSA) is 35.6 Å². The zero-order valence-corrected chi connectivity index (χ0v) is 29.1. The summed E-state index contributed by atoms with van der Waals surface area (Å²) in [5, 5.41) is 7.38. The summed E-state index contributed by atoms with van der Waals surface area (Å²) in [5.74, 6) is 0. The number of para-hydroxylation sites is 4. The first-order valence-electron chi connectivity index (χ1n) is 17.1. The molecule has 0 aliphatic carbocycles. The monoisotopic (exact) mass is 716 g/mol. The molecule has 0 aliphatic heterocycles. The summed E-state index contributed by atoms with van der Waals surface area (Å²) in [6, 6.07) is 56.9. The molecule has 5 aromatic heterocycles. The van der Waals surface area contributed by atoms with E-state index in [9.17, 15) is 0 Å². The summed E-state index contributed by atoms with van der Waals surface area (Å²) in [6.45, 7) is 0. The predicted octanol–water partition coefficient (Wildman–Crippen LogP) is 11.4. The van der Waals surface area contributed by atoms with Gasteiger partial charge in [-0.05, 0) is 0 Å². The maximum absolute atomic E-state index is 5.03. The third-order valence-electron chi connectivity index (χ3n) is 10.2. The molecule has 11 rings (SSSR count). The molecule has 238 valence electrons. The van der Waals surface area contributed by atoms with Crippen LogP contribution in [0.3, 0.4) is 0 Å². The quantitative estimate of drug-likeness (QED) is 0.170. The Morgan fingerprint density at radius 1 is 0.333 bits per heavy atom. The second kappa shape index (κ2) is 11.1. The number of aromatic nitrogens is 4. The van der Waals surface area contributed by atoms with Crippen molar-refractivity contribution in [1.29, 1.82) is 0 Å². The van der Waals surface area contributed by atoms with Crippen molar-refractivity contribution in [2.45, 2.75) is 0 Å². The maximum atomic E-state index is 5.03. The first kappa shape index (κ1) is 28.6. The van der Waals surface area contributed by atoms with E-state index in [1.165, 1.54) is 76.9 Å². The fourth-order valence-corrected chi connectivity index (χ4v) is 9.87. The summed E-state index contributed by atoms with van der Waals surface area (Å²) in [6.07, 6.45) is 4.09. The van der Waals surface area contributed by atoms with E-state index >= 15 is 0 Å². The van der Waals surface area contributed by atoms with E-state index < -0.39 is 0 Å². The molecule has 0 fully saturated rings. The van der Waals surface area contributed by atoms with Crippen LogP contribution in [0.2, 0.25) is 0 Å². The fourth-order valence-electron chi connectivity index (χ4n) is 7.88. The molecule has 0 aliphatic rings. The standard InChI is InChI=1S/C46H28N4Se/c1-3-11-33(12-4-1)49-41-17-9-7-15-35(41)37-23-29(19-21-43(37)49)31-25-39-40-26-32(28-48-46(40)51-45(39)47-27-31)30-20-22-44-38(24-30)36-16-8-10-18-42(36)50(44)34-13-5-2-6-14-34/h1-28H. The molecule has 5 heterocycles. The number of pyridine rings is 2. The van der Waals surface area contributed by atoms with Crippen molar-refractivity contribution in [2.24, 2.45) is 0 Å². The molecule has 11 aromatic rings. The molecule has 0 N–H and O–H groups in total. The molecule has 0 amide bonds. The Kier molecular flexibility index (Phi) is 6.23. The molecule has 0 unspecified atom stereocenters. The number of fused-ring (bicyclic) bond motifs is 9. The average Bonchev–Trinajstić information content (AvgIpc) is 3.85. The van der Waals surface area contributed by atoms with Crippen molar-refractivity contribution in [3.63, 3.8) is 0 Å². The Bertz CT molecular complexity index is 2920. The predicted molar refractivity (Wildman–Crippen MR) is 214 cm³/mol. The third-order valence-corrected chi connectivity index (χ3v) is 12.4. The van der Waals surface area contributed by atoms with Gasteiger partial charge < -0.3 is 0 Å². The molecule has 0 saturated carbocycles. The Morgan fingerprint density at radius 2 is 0.725 bits per heavy atom. The molecule has 5 heteroatoms. The van der Waals surface area contributed by atoms with Gasteiger partial charge in [0.2, 0.25) is 0 Å². The van der Waals surface area contributed by atoms with Crippen molar-refractivity contribution in [3.8, 4) is 33.6 Å². The van der Waals surface area contributed by atoms with Crippen LogP contribution in [0.1, 0.15) is 0 Å². The molecular weight excluding hydrogens is 687 g/mol. The van der Waals surface area contributed by atoms with Gasteiger partial charge >= 0.3 is 288 Å². The molecule has 0 radical (unpaired) electrons. The van der Waals surface area contributed by atoms with E-state index in [4.69, 9.17) is 9.97 Å². The molecule has 0 saturated heterocycles. The van der Waals surface area contributed by atoms with Gasteiger partial charge in [-0.1, -0.05) is 12.1 Å². The van der Waals surface area contributed by atoms with Crippen LogP contribution in [0.5, 0.6) is 0 Å². The average molecular weight is 716 g/mol. The molecule has 0 bridgehead atoms. The van der Waals surface area contributed by atoms with Gasteiger partial charge in [-0.15, -0.1) is 0 Å². The van der Waals surface area contributed by atoms with Crippen LogP contribution < -0.4 is 0 Å². The van der Waals surface area contributed by atoms with Gasteiger partial charge in [0.1, 0.15) is 0 Å². The third kappa shape index (κ3) is 4.39. The van der Waals surface area contributed by atoms with E-state index in [2.05, 4.69) is 167 Å². The Hall–Kier alpha value is -6.26. The number of rotatable bonds is 4. The van der Waals surface area contributed by atoms with Gasteiger partial charge in [0.15, 0.2) is 0 Å². The Balaban J connectivity index is 1.04. The van der Waals surface area contributed by atoms with Crippen LogP contribution in [0.25, 0.3) is 96.8 Å². The molecule has 0 atom stereocenters. The van der Waals surface area contributed by atoms with Crippen molar-refractivity contribution in [3.05, 3.63) is 170 Å². The van der Waals surface area contributed by atoms with Crippen molar-refractivity contribution < 1.29 is 0 Å². The van der Waals surface area contributed by atoms with Crippen LogP contribution in [0.15, 0.2) is 170 Å². The van der Waals surface area contributed by atoms with E-state index in [0.29, 0.717) is 0 Å². The van der Waals surface area contributed by atoms with E-state index in [1.807, 2.05) is 12.4 Å². The Morgan fingerprint density at radius 3 is 1.20 bits per heavy atom. The summed E-state index contributed by atoms with van der Waals surface area (Å²) in [4.78, 5) is 10.1. The molecule has 4 nitrogen and oxygen atoms in total. The number of nitrogens with zero attached hydrogens (tertiary/aromatic N) is 4. The van der Waals surface area contributed by atoms with Crippen LogP contribution in [-0.2, 0) is 0 Å². The minimum absolute atomic E-state index is 0.0713. The summed E-state index contributed by atoms with van der Waals surface area (Å²) < 4.78 is 7.01. The zero-order chi connectivity index (χ0) is 33.5. The first-order chi connectivity index (χ1) is 25.3. The molecule has 51 heavy (non-hydrogen) atoms. The first-order valence-corrected chi connectivity index (χ1v) is 18.9. The van der Waals surface area contributed by atoms with Gasteiger partial charge in [-0.2, -0.15) is 0 Å². The van der Waals surface area contributed by atoms with Crippen LogP contribution in [-0.4, -0.2) is 33.6 Å². The summed E-state index contributed by atoms with van der Waals surface area (Å²) >= 11 is 0.0713. The molecule has 6 aromatic carbocycles. The second-order valence-corrected chi connectivity index (χ2v) is 15.1. The molecule has 0 spiro atoms. The van der Waals surface area contributed by atoms with Crippen LogP contribution >= 0.6 is 0 Å². The van der Waals surface area contributed by atoms with Crippen LogP contribution in [0, 0.1) is 0 Å². The summed E-state index contributed by atoms with van der Waals surface area (Å²) in [7, 11) is 0. The Labute approximate surface area is 299 Å². The van der Waals surface area contributed by atoms with Gasteiger partial charge in [0, 0.05) is 0 Å². The van der Waals surface area contributed by atoms with Gasteiger partial charge in [-0.25, -0.2) is 0 Å². The SMILES string of the molecule is c1ccc(-n2c3ccccc3c3cc(-c4cnc5[se]c6ncc(-c7ccc8c(c7)c7ccccc7n8-c7ccccc7)cc6c5c4)ccc32)cc1. The van der Waals surface area contributed by atoms with Crippen LogP contribution in [0.4, 0.5) is 0 Å². The van der Waals surface area contributed by atoms with Gasteiger partial charge in [0.05, 0.1) is 0 Å². The number of hydrogen-bond donors (Lipinski definition) is 0. The van der Waals surface area contributed by atoms with Gasteiger partial charge in [-0.3, -0.25) is 0 Å². The van der Waals surface area contributed by atoms with Crippen molar-refractivity contribution in [2.75, 3.05) is 0 Å². The second-order valence-electron chi connectivity index (χ2n) is 13.1. The van der Waals surface area contributed by atoms with E-state index in [-0.39, 0.29) is 14.5 Å².